The second-order valence-corrected chi connectivity index (χ2v) is 7.93. The third kappa shape index (κ3) is 4.86. The van der Waals surface area contributed by atoms with Gasteiger partial charge in [0.15, 0.2) is 0 Å². The van der Waals surface area contributed by atoms with Crippen LogP contribution in [-0.4, -0.2) is 25.5 Å². The summed E-state index contributed by atoms with van der Waals surface area (Å²) in [7, 11) is 1.54. The van der Waals surface area contributed by atoms with E-state index in [9.17, 15) is 9.59 Å². The highest BCUT2D eigenvalue weighted by molar-refractivity contribution is 6.32. The van der Waals surface area contributed by atoms with Gasteiger partial charge in [-0.05, 0) is 48.4 Å². The zero-order valence-electron chi connectivity index (χ0n) is 17.7. The first-order valence-electron chi connectivity index (χ1n) is 10.4. The normalized spacial score (nSPS) is 14.2. The van der Waals surface area contributed by atoms with E-state index in [-0.39, 0.29) is 11.8 Å². The van der Waals surface area contributed by atoms with E-state index >= 15 is 0 Å². The molecule has 3 aromatic carbocycles. The minimum Gasteiger partial charge on any atom is -0.495 e. The number of nitrogens with zero attached hydrogens (tertiary/aromatic N) is 1. The Balaban J connectivity index is 1.58. The lowest BCUT2D eigenvalue weighted by Gasteiger charge is -2.22. The smallest absolute Gasteiger partial charge is 0.251 e. The third-order valence-electron chi connectivity index (χ3n) is 5.36. The molecule has 0 spiro atoms. The fraction of sp³-hybridized carbons (Fsp3) is 0.200. The van der Waals surface area contributed by atoms with E-state index in [1.54, 1.807) is 30.2 Å². The average molecular weight is 450 g/mol. The molecule has 6 nitrogen and oxygen atoms in total. The van der Waals surface area contributed by atoms with Crippen molar-refractivity contribution in [2.45, 2.75) is 18.9 Å². The Morgan fingerprint density at radius 2 is 1.84 bits per heavy atom. The number of hydrogen-bond acceptors (Lipinski definition) is 4. The second-order valence-electron chi connectivity index (χ2n) is 7.53. The van der Waals surface area contributed by atoms with Crippen LogP contribution in [0.1, 0.15) is 24.4 Å². The first kappa shape index (κ1) is 21.7. The van der Waals surface area contributed by atoms with Crippen LogP contribution in [0, 0.1) is 0 Å². The van der Waals surface area contributed by atoms with E-state index < -0.39 is 6.04 Å². The number of rotatable bonds is 7. The zero-order valence-corrected chi connectivity index (χ0v) is 18.4. The number of methoxy groups -OCH3 is 1. The average Bonchev–Trinajstić information content (AvgIpc) is 3.24. The number of nitrogens with one attached hydrogen (secondary N) is 2. The van der Waals surface area contributed by atoms with Crippen molar-refractivity contribution >= 4 is 40.5 Å². The maximum absolute atomic E-state index is 13.3. The van der Waals surface area contributed by atoms with Crippen molar-refractivity contribution < 1.29 is 14.3 Å². The molecule has 1 heterocycles. The summed E-state index contributed by atoms with van der Waals surface area (Å²) in [5.41, 5.74) is 2.96. The van der Waals surface area contributed by atoms with E-state index in [1.165, 1.54) is 0 Å². The second kappa shape index (κ2) is 9.75. The van der Waals surface area contributed by atoms with Gasteiger partial charge in [-0.25, -0.2) is 0 Å². The number of benzene rings is 3. The Hall–Kier alpha value is -3.51. The standard InChI is InChI=1S/C25H24ClN3O3/c1-32-22-13-12-19(16-21(22)26)28-25(31)24(17-7-3-2-4-8-17)27-18-9-5-10-20(15-18)29-14-6-11-23(29)30/h2-5,7-10,12-13,15-16,24,27H,6,11,14H2,1H3,(H,28,31). The SMILES string of the molecule is COc1ccc(NC(=O)C(Nc2cccc(N3CCCC3=O)c2)c2ccccc2)cc1Cl. The molecule has 2 amide bonds. The van der Waals surface area contributed by atoms with Gasteiger partial charge in [-0.2, -0.15) is 0 Å². The summed E-state index contributed by atoms with van der Waals surface area (Å²) in [6.07, 6.45) is 1.42. The highest BCUT2D eigenvalue weighted by Crippen LogP contribution is 2.30. The minimum absolute atomic E-state index is 0.121. The minimum atomic E-state index is -0.651. The van der Waals surface area contributed by atoms with Crippen LogP contribution in [0.5, 0.6) is 5.75 Å². The van der Waals surface area contributed by atoms with Crippen molar-refractivity contribution in [3.63, 3.8) is 0 Å². The monoisotopic (exact) mass is 449 g/mol. The van der Waals surface area contributed by atoms with Gasteiger partial charge in [-0.3, -0.25) is 9.59 Å². The fourth-order valence-corrected chi connectivity index (χ4v) is 4.01. The molecule has 1 unspecified atom stereocenters. The predicted molar refractivity (Wildman–Crippen MR) is 127 cm³/mol. The molecule has 1 saturated heterocycles. The van der Waals surface area contributed by atoms with Crippen LogP contribution in [-0.2, 0) is 9.59 Å². The molecule has 0 bridgehead atoms. The van der Waals surface area contributed by atoms with Crippen LogP contribution < -0.4 is 20.3 Å². The molecule has 0 radical (unpaired) electrons. The van der Waals surface area contributed by atoms with Crippen LogP contribution >= 0.6 is 11.6 Å². The number of carbonyl (C=O) groups excluding carboxylic acids is 2. The molecule has 0 saturated carbocycles. The van der Waals surface area contributed by atoms with E-state index in [0.717, 1.165) is 23.4 Å². The maximum Gasteiger partial charge on any atom is 0.251 e. The summed E-state index contributed by atoms with van der Waals surface area (Å²) in [4.78, 5) is 27.2. The highest BCUT2D eigenvalue weighted by atomic mass is 35.5. The van der Waals surface area contributed by atoms with Crippen molar-refractivity contribution in [2.75, 3.05) is 29.2 Å². The first-order valence-corrected chi connectivity index (χ1v) is 10.8. The molecule has 1 aliphatic rings. The summed E-state index contributed by atoms with van der Waals surface area (Å²) in [6.45, 7) is 0.711. The van der Waals surface area contributed by atoms with E-state index in [2.05, 4.69) is 10.6 Å². The summed E-state index contributed by atoms with van der Waals surface area (Å²) >= 11 is 6.21. The Labute approximate surface area is 192 Å². The lowest BCUT2D eigenvalue weighted by molar-refractivity contribution is -0.117. The van der Waals surface area contributed by atoms with Crippen LogP contribution in [0.25, 0.3) is 0 Å². The van der Waals surface area contributed by atoms with Gasteiger partial charge in [-0.15, -0.1) is 0 Å². The van der Waals surface area contributed by atoms with E-state index in [4.69, 9.17) is 16.3 Å². The Bertz CT molecular complexity index is 1120. The van der Waals surface area contributed by atoms with Gasteiger partial charge >= 0.3 is 0 Å². The number of halogens is 1. The third-order valence-corrected chi connectivity index (χ3v) is 5.65. The van der Waals surface area contributed by atoms with Crippen molar-refractivity contribution in [1.29, 1.82) is 0 Å². The topological polar surface area (TPSA) is 70.7 Å². The van der Waals surface area contributed by atoms with Crippen molar-refractivity contribution in [2.24, 2.45) is 0 Å². The van der Waals surface area contributed by atoms with Crippen LogP contribution in [0.3, 0.4) is 0 Å². The molecule has 3 aromatic rings. The molecule has 7 heteroatoms. The molecule has 1 fully saturated rings. The van der Waals surface area contributed by atoms with Gasteiger partial charge in [-0.1, -0.05) is 48.0 Å². The molecule has 4 rings (SSSR count). The van der Waals surface area contributed by atoms with Gasteiger partial charge < -0.3 is 20.3 Å². The molecule has 0 aliphatic carbocycles. The number of carbonyl (C=O) groups is 2. The lowest BCUT2D eigenvalue weighted by Crippen LogP contribution is -2.27. The largest absolute Gasteiger partial charge is 0.495 e. The van der Waals surface area contributed by atoms with Gasteiger partial charge in [0.05, 0.1) is 12.1 Å². The quantitative estimate of drug-likeness (QED) is 0.515. The van der Waals surface area contributed by atoms with E-state index in [0.29, 0.717) is 29.4 Å². The van der Waals surface area contributed by atoms with Crippen molar-refractivity contribution in [3.8, 4) is 5.75 Å². The van der Waals surface area contributed by atoms with E-state index in [1.807, 2.05) is 54.6 Å². The molecule has 0 aromatic heterocycles. The number of anilines is 3. The fourth-order valence-electron chi connectivity index (χ4n) is 3.76. The molecule has 164 valence electrons. The molecule has 1 atom stereocenters. The predicted octanol–water partition coefficient (Wildman–Crippen LogP) is 5.27. The van der Waals surface area contributed by atoms with Crippen LogP contribution in [0.2, 0.25) is 5.02 Å². The first-order chi connectivity index (χ1) is 15.5. The highest BCUT2D eigenvalue weighted by Gasteiger charge is 2.24. The summed E-state index contributed by atoms with van der Waals surface area (Å²) in [5.74, 6) is 0.423. The van der Waals surface area contributed by atoms with Crippen molar-refractivity contribution in [3.05, 3.63) is 83.4 Å². The van der Waals surface area contributed by atoms with Crippen molar-refractivity contribution in [1.82, 2.24) is 0 Å². The van der Waals surface area contributed by atoms with Gasteiger partial charge in [0.1, 0.15) is 11.8 Å². The number of amides is 2. The molecule has 1 aliphatic heterocycles. The zero-order chi connectivity index (χ0) is 22.5. The lowest BCUT2D eigenvalue weighted by atomic mass is 10.1. The van der Waals surface area contributed by atoms with Crippen LogP contribution in [0.15, 0.2) is 72.8 Å². The summed E-state index contributed by atoms with van der Waals surface area (Å²) < 4.78 is 5.18. The van der Waals surface area contributed by atoms with Gasteiger partial charge in [0, 0.05) is 30.0 Å². The molecule has 32 heavy (non-hydrogen) atoms. The molecular weight excluding hydrogens is 426 g/mol. The van der Waals surface area contributed by atoms with Gasteiger partial charge in [0.25, 0.3) is 5.91 Å². The Morgan fingerprint density at radius 1 is 1.03 bits per heavy atom. The summed E-state index contributed by atoms with van der Waals surface area (Å²) in [5, 5.41) is 6.66. The number of ether oxygens (including phenoxy) is 1. The van der Waals surface area contributed by atoms with Crippen LogP contribution in [0.4, 0.5) is 17.1 Å². The number of hydrogen-bond donors (Lipinski definition) is 2. The van der Waals surface area contributed by atoms with Gasteiger partial charge in [0.2, 0.25) is 5.91 Å². The summed E-state index contributed by atoms with van der Waals surface area (Å²) in [6, 6.07) is 21.5. The molecule has 2 N–H and O–H groups in total. The maximum atomic E-state index is 13.3. The molecular formula is C25H24ClN3O3. The Kier molecular flexibility index (Phi) is 6.61. The Morgan fingerprint density at radius 3 is 2.53 bits per heavy atom.